The van der Waals surface area contributed by atoms with Crippen LogP contribution in [0.1, 0.15) is 19.8 Å². The van der Waals surface area contributed by atoms with Crippen molar-refractivity contribution in [2.24, 2.45) is 11.7 Å². The van der Waals surface area contributed by atoms with E-state index in [1.807, 2.05) is 6.92 Å². The summed E-state index contributed by atoms with van der Waals surface area (Å²) in [4.78, 5) is 33.9. The fraction of sp³-hybridized carbons (Fsp3) is 0.700. The van der Waals surface area contributed by atoms with Gasteiger partial charge in [0.25, 0.3) is 0 Å². The zero-order valence-corrected chi connectivity index (χ0v) is 10.1. The Morgan fingerprint density at radius 2 is 2.00 bits per heavy atom. The first-order valence-corrected chi connectivity index (χ1v) is 5.38. The van der Waals surface area contributed by atoms with E-state index in [1.165, 1.54) is 7.05 Å². The number of nitrogens with one attached hydrogen (secondary N) is 1. The van der Waals surface area contributed by atoms with Crippen molar-refractivity contribution >= 4 is 17.9 Å². The number of primary amides is 1. The Kier molecular flexibility index (Phi) is 6.69. The number of urea groups is 1. The molecule has 7 heteroatoms. The average Bonchev–Trinajstić information content (AvgIpc) is 2.22. The number of rotatable bonds is 7. The number of carboxylic acid groups (broad SMARTS) is 1. The first-order valence-electron chi connectivity index (χ1n) is 5.38. The van der Waals surface area contributed by atoms with E-state index >= 15 is 0 Å². The predicted octanol–water partition coefficient (Wildman–Crippen LogP) is -0.386. The van der Waals surface area contributed by atoms with Crippen LogP contribution in [-0.2, 0) is 9.59 Å². The van der Waals surface area contributed by atoms with Gasteiger partial charge in [-0.3, -0.25) is 9.59 Å². The van der Waals surface area contributed by atoms with Crippen LogP contribution in [0, 0.1) is 5.92 Å². The maximum atomic E-state index is 11.4. The first-order chi connectivity index (χ1) is 7.88. The standard InChI is InChI=1S/C10H19N3O4/c1-3-4-7(9(15)16)5-12-10(17)13(2)6-8(11)14/h7H,3-6H2,1-2H3,(H2,11,14)(H,12,17)(H,15,16). The molecule has 0 heterocycles. The van der Waals surface area contributed by atoms with E-state index in [0.717, 1.165) is 11.3 Å². The molecule has 0 aliphatic rings. The van der Waals surface area contributed by atoms with E-state index in [0.29, 0.717) is 6.42 Å². The van der Waals surface area contributed by atoms with Gasteiger partial charge in [-0.15, -0.1) is 0 Å². The van der Waals surface area contributed by atoms with Crippen molar-refractivity contribution in [2.45, 2.75) is 19.8 Å². The van der Waals surface area contributed by atoms with Gasteiger partial charge in [0.15, 0.2) is 0 Å². The van der Waals surface area contributed by atoms with Gasteiger partial charge in [-0.25, -0.2) is 4.79 Å². The Balaban J connectivity index is 4.11. The summed E-state index contributed by atoms with van der Waals surface area (Å²) < 4.78 is 0. The Morgan fingerprint density at radius 1 is 1.41 bits per heavy atom. The third kappa shape index (κ3) is 6.39. The van der Waals surface area contributed by atoms with E-state index in [-0.39, 0.29) is 13.1 Å². The number of amides is 3. The highest BCUT2D eigenvalue weighted by atomic mass is 16.4. The van der Waals surface area contributed by atoms with Gasteiger partial charge in [-0.05, 0) is 6.42 Å². The summed E-state index contributed by atoms with van der Waals surface area (Å²) in [6.07, 6.45) is 1.22. The van der Waals surface area contributed by atoms with E-state index in [1.54, 1.807) is 0 Å². The molecule has 0 bridgehead atoms. The molecule has 3 amide bonds. The summed E-state index contributed by atoms with van der Waals surface area (Å²) in [5.74, 6) is -2.17. The summed E-state index contributed by atoms with van der Waals surface area (Å²) in [6.45, 7) is 1.72. The van der Waals surface area contributed by atoms with Gasteiger partial charge in [0.2, 0.25) is 5.91 Å². The number of nitrogens with zero attached hydrogens (tertiary/aromatic N) is 1. The number of hydrogen-bond donors (Lipinski definition) is 3. The summed E-state index contributed by atoms with van der Waals surface area (Å²) in [5.41, 5.74) is 4.93. The smallest absolute Gasteiger partial charge is 0.317 e. The Labute approximate surface area is 100.0 Å². The molecule has 0 aromatic rings. The molecule has 0 fully saturated rings. The van der Waals surface area contributed by atoms with Crippen molar-refractivity contribution in [1.29, 1.82) is 0 Å². The number of likely N-dealkylation sites (N-methyl/N-ethyl adjacent to an activating group) is 1. The summed E-state index contributed by atoms with van der Waals surface area (Å²) in [5, 5.41) is 11.3. The molecule has 0 spiro atoms. The van der Waals surface area contributed by atoms with Crippen molar-refractivity contribution in [3.8, 4) is 0 Å². The SMILES string of the molecule is CCCC(CNC(=O)N(C)CC(N)=O)C(=O)O. The maximum Gasteiger partial charge on any atom is 0.317 e. The third-order valence-electron chi connectivity index (χ3n) is 2.23. The molecule has 0 saturated carbocycles. The minimum atomic E-state index is -0.940. The highest BCUT2D eigenvalue weighted by Gasteiger charge is 2.18. The van der Waals surface area contributed by atoms with Gasteiger partial charge in [0, 0.05) is 13.6 Å². The predicted molar refractivity (Wildman–Crippen MR) is 61.3 cm³/mol. The molecule has 0 saturated heterocycles. The fourth-order valence-corrected chi connectivity index (χ4v) is 1.31. The quantitative estimate of drug-likeness (QED) is 0.567. The molecule has 1 unspecified atom stereocenters. The lowest BCUT2D eigenvalue weighted by Crippen LogP contribution is -2.44. The van der Waals surface area contributed by atoms with Crippen LogP contribution < -0.4 is 11.1 Å². The van der Waals surface area contributed by atoms with Gasteiger partial charge in [-0.1, -0.05) is 13.3 Å². The number of aliphatic carboxylic acids is 1. The summed E-state index contributed by atoms with van der Waals surface area (Å²) >= 11 is 0. The largest absolute Gasteiger partial charge is 0.481 e. The second kappa shape index (κ2) is 7.48. The van der Waals surface area contributed by atoms with Crippen LogP contribution in [0.5, 0.6) is 0 Å². The lowest BCUT2D eigenvalue weighted by Gasteiger charge is -2.18. The van der Waals surface area contributed by atoms with E-state index in [4.69, 9.17) is 10.8 Å². The highest BCUT2D eigenvalue weighted by molar-refractivity contribution is 5.83. The number of nitrogens with two attached hydrogens (primary N) is 1. The Morgan fingerprint density at radius 3 is 2.41 bits per heavy atom. The van der Waals surface area contributed by atoms with Crippen LogP contribution >= 0.6 is 0 Å². The number of carbonyl (C=O) groups excluding carboxylic acids is 2. The Hall–Kier alpha value is -1.79. The van der Waals surface area contributed by atoms with Crippen molar-refractivity contribution in [3.63, 3.8) is 0 Å². The number of hydrogen-bond acceptors (Lipinski definition) is 3. The average molecular weight is 245 g/mol. The van der Waals surface area contributed by atoms with E-state index in [9.17, 15) is 14.4 Å². The van der Waals surface area contributed by atoms with Crippen molar-refractivity contribution in [3.05, 3.63) is 0 Å². The van der Waals surface area contributed by atoms with Crippen LogP contribution in [0.2, 0.25) is 0 Å². The van der Waals surface area contributed by atoms with Crippen LogP contribution in [0.25, 0.3) is 0 Å². The summed E-state index contributed by atoms with van der Waals surface area (Å²) in [6, 6.07) is -0.508. The van der Waals surface area contributed by atoms with Gasteiger partial charge in [-0.2, -0.15) is 0 Å². The second-order valence-corrected chi connectivity index (χ2v) is 3.83. The van der Waals surface area contributed by atoms with Gasteiger partial charge >= 0.3 is 12.0 Å². The molecule has 0 aromatic heterocycles. The zero-order chi connectivity index (χ0) is 13.4. The molecule has 0 aromatic carbocycles. The first kappa shape index (κ1) is 15.2. The van der Waals surface area contributed by atoms with Crippen LogP contribution in [0.3, 0.4) is 0 Å². The molecule has 0 rings (SSSR count). The number of carboxylic acids is 1. The normalized spacial score (nSPS) is 11.6. The van der Waals surface area contributed by atoms with Gasteiger partial charge < -0.3 is 21.1 Å². The monoisotopic (exact) mass is 245 g/mol. The van der Waals surface area contributed by atoms with Crippen molar-refractivity contribution < 1.29 is 19.5 Å². The molecule has 98 valence electrons. The molecular weight excluding hydrogens is 226 g/mol. The van der Waals surface area contributed by atoms with Gasteiger partial charge in [0.05, 0.1) is 5.92 Å². The fourth-order valence-electron chi connectivity index (χ4n) is 1.31. The molecule has 0 radical (unpaired) electrons. The zero-order valence-electron chi connectivity index (χ0n) is 10.1. The molecule has 7 nitrogen and oxygen atoms in total. The number of carbonyl (C=O) groups is 3. The molecule has 0 aliphatic carbocycles. The maximum absolute atomic E-state index is 11.4. The lowest BCUT2D eigenvalue weighted by atomic mass is 10.0. The van der Waals surface area contributed by atoms with Crippen LogP contribution in [0.15, 0.2) is 0 Å². The highest BCUT2D eigenvalue weighted by Crippen LogP contribution is 2.05. The summed E-state index contributed by atoms with van der Waals surface area (Å²) in [7, 11) is 1.41. The topological polar surface area (TPSA) is 113 Å². The minimum Gasteiger partial charge on any atom is -0.481 e. The lowest BCUT2D eigenvalue weighted by molar-refractivity contribution is -0.141. The third-order valence-corrected chi connectivity index (χ3v) is 2.23. The molecule has 0 aliphatic heterocycles. The van der Waals surface area contributed by atoms with E-state index < -0.39 is 23.8 Å². The van der Waals surface area contributed by atoms with Crippen molar-refractivity contribution in [2.75, 3.05) is 20.1 Å². The molecule has 17 heavy (non-hydrogen) atoms. The van der Waals surface area contributed by atoms with Crippen LogP contribution in [-0.4, -0.2) is 48.1 Å². The van der Waals surface area contributed by atoms with Gasteiger partial charge in [0.1, 0.15) is 6.54 Å². The van der Waals surface area contributed by atoms with Crippen molar-refractivity contribution in [1.82, 2.24) is 10.2 Å². The van der Waals surface area contributed by atoms with Crippen LogP contribution in [0.4, 0.5) is 4.79 Å². The second-order valence-electron chi connectivity index (χ2n) is 3.83. The minimum absolute atomic E-state index is 0.0467. The van der Waals surface area contributed by atoms with E-state index in [2.05, 4.69) is 5.32 Å². The molecule has 4 N–H and O–H groups in total. The molecular formula is C10H19N3O4. The molecule has 1 atom stereocenters. The Bertz CT molecular complexity index is 293.